The summed E-state index contributed by atoms with van der Waals surface area (Å²) in [6, 6.07) is 27.2. The molecule has 3 heterocycles. The number of benzene rings is 3. The molecule has 37 heavy (non-hydrogen) atoms. The molecule has 3 nitrogen and oxygen atoms in total. The van der Waals surface area contributed by atoms with Crippen molar-refractivity contribution in [1.82, 2.24) is 9.88 Å². The van der Waals surface area contributed by atoms with E-state index >= 15 is 0 Å². The second kappa shape index (κ2) is 11.3. The number of pyridine rings is 1. The Kier molecular flexibility index (Phi) is 8.16. The molecule has 0 spiro atoms. The number of aryl methyl sites for hydroxylation is 1. The third-order valence-corrected chi connectivity index (χ3v) is 6.28. The first-order valence-electron chi connectivity index (χ1n) is 11.6. The van der Waals surface area contributed by atoms with Crippen LogP contribution >= 0.6 is 0 Å². The first kappa shape index (κ1) is 26.6. The summed E-state index contributed by atoms with van der Waals surface area (Å²) in [5.41, 5.74) is 6.13. The fraction of sp³-hybridized carbons (Fsp3) is 0.167. The van der Waals surface area contributed by atoms with Gasteiger partial charge in [-0.15, -0.1) is 29.8 Å². The SMILES string of the molecule is Cc1cnc(-c2[c-]cc(C(F)(F)F)cc2)cc1-c1ccccc1.[Ir+3].[c-]1cccc2c1C1[N-]C=CN1CC2. The molecule has 6 rings (SSSR count). The van der Waals surface area contributed by atoms with Crippen LogP contribution in [0.15, 0.2) is 91.4 Å². The van der Waals surface area contributed by atoms with E-state index in [0.29, 0.717) is 11.3 Å². The molecule has 188 valence electrons. The molecule has 1 unspecified atom stereocenters. The van der Waals surface area contributed by atoms with Crippen molar-refractivity contribution in [3.63, 3.8) is 0 Å². The minimum absolute atomic E-state index is 0. The standard InChI is InChI=1S/C19H13F3N.C11H10N2.Ir/c1-13-12-23-18(11-17(13)14-5-3-2-4-6-14)15-7-9-16(10-8-15)19(20,21)22;1-2-4-10-9(3-1)5-7-13-8-6-12-11(10)13;/h2-7,9-12H,1H3;1-3,6,8,11H,5,7H2;/q-1;-2;+3. The molecule has 3 aromatic carbocycles. The van der Waals surface area contributed by atoms with E-state index in [1.54, 1.807) is 6.20 Å². The Morgan fingerprint density at radius 2 is 1.84 bits per heavy atom. The summed E-state index contributed by atoms with van der Waals surface area (Å²) in [5.74, 6) is 0. The predicted octanol–water partition coefficient (Wildman–Crippen LogP) is 7.74. The number of hydrogen-bond acceptors (Lipinski definition) is 2. The van der Waals surface area contributed by atoms with Crippen LogP contribution in [-0.2, 0) is 32.7 Å². The van der Waals surface area contributed by atoms with Gasteiger partial charge in [-0.3, -0.25) is 0 Å². The summed E-state index contributed by atoms with van der Waals surface area (Å²) < 4.78 is 37.9. The van der Waals surface area contributed by atoms with Gasteiger partial charge >= 0.3 is 26.3 Å². The summed E-state index contributed by atoms with van der Waals surface area (Å²) in [7, 11) is 0. The molecule has 0 aliphatic carbocycles. The van der Waals surface area contributed by atoms with Crippen molar-refractivity contribution in [2.45, 2.75) is 25.7 Å². The first-order valence-corrected chi connectivity index (χ1v) is 11.6. The molecule has 0 saturated heterocycles. The molecule has 0 saturated carbocycles. The van der Waals surface area contributed by atoms with Crippen molar-refractivity contribution in [3.8, 4) is 22.4 Å². The Balaban J connectivity index is 0.000000193. The van der Waals surface area contributed by atoms with Crippen LogP contribution < -0.4 is 0 Å². The van der Waals surface area contributed by atoms with E-state index < -0.39 is 11.7 Å². The van der Waals surface area contributed by atoms with Crippen LogP contribution in [0.3, 0.4) is 0 Å². The zero-order valence-electron chi connectivity index (χ0n) is 20.0. The van der Waals surface area contributed by atoms with Gasteiger partial charge in [0.25, 0.3) is 0 Å². The van der Waals surface area contributed by atoms with E-state index in [-0.39, 0.29) is 26.3 Å². The van der Waals surface area contributed by atoms with E-state index in [4.69, 9.17) is 0 Å². The van der Waals surface area contributed by atoms with Crippen LogP contribution in [0.2, 0.25) is 0 Å². The van der Waals surface area contributed by atoms with Crippen LogP contribution in [-0.4, -0.2) is 16.4 Å². The molecule has 0 fully saturated rings. The Morgan fingerprint density at radius 1 is 1.03 bits per heavy atom. The summed E-state index contributed by atoms with van der Waals surface area (Å²) in [5, 5.41) is 4.41. The van der Waals surface area contributed by atoms with Gasteiger partial charge in [0.1, 0.15) is 0 Å². The maximum Gasteiger partial charge on any atom is 3.00 e. The number of fused-ring (bicyclic) bond motifs is 3. The van der Waals surface area contributed by atoms with Crippen LogP contribution in [0.5, 0.6) is 0 Å². The van der Waals surface area contributed by atoms with Crippen molar-refractivity contribution in [1.29, 1.82) is 0 Å². The minimum Gasteiger partial charge on any atom is -0.668 e. The van der Waals surface area contributed by atoms with Crippen LogP contribution in [0.1, 0.15) is 28.4 Å². The average Bonchev–Trinajstić information content (AvgIpc) is 3.39. The quantitative estimate of drug-likeness (QED) is 0.204. The normalized spacial score (nSPS) is 15.5. The second-order valence-corrected chi connectivity index (χ2v) is 8.66. The largest absolute Gasteiger partial charge is 3.00 e. The van der Waals surface area contributed by atoms with Crippen molar-refractivity contribution >= 4 is 0 Å². The van der Waals surface area contributed by atoms with E-state index in [1.807, 2.05) is 55.6 Å². The zero-order valence-corrected chi connectivity index (χ0v) is 22.4. The van der Waals surface area contributed by atoms with Crippen LogP contribution in [0, 0.1) is 19.1 Å². The minimum atomic E-state index is -4.36. The molecule has 0 N–H and O–H groups in total. The fourth-order valence-corrected chi connectivity index (χ4v) is 4.36. The van der Waals surface area contributed by atoms with Gasteiger partial charge in [-0.1, -0.05) is 42.8 Å². The van der Waals surface area contributed by atoms with E-state index in [1.165, 1.54) is 17.2 Å². The van der Waals surface area contributed by atoms with Gasteiger partial charge in [-0.2, -0.15) is 54.8 Å². The number of nitrogens with zero attached hydrogens (tertiary/aromatic N) is 3. The van der Waals surface area contributed by atoms with Crippen molar-refractivity contribution in [2.75, 3.05) is 6.54 Å². The van der Waals surface area contributed by atoms with Crippen LogP contribution in [0.4, 0.5) is 13.2 Å². The van der Waals surface area contributed by atoms with Gasteiger partial charge < -0.3 is 15.2 Å². The Morgan fingerprint density at radius 3 is 2.57 bits per heavy atom. The summed E-state index contributed by atoms with van der Waals surface area (Å²) in [4.78, 5) is 6.58. The summed E-state index contributed by atoms with van der Waals surface area (Å²) in [6.07, 6.45) is 2.65. The van der Waals surface area contributed by atoms with Crippen molar-refractivity contribution < 1.29 is 33.3 Å². The molecule has 0 amide bonds. The maximum atomic E-state index is 12.6. The van der Waals surface area contributed by atoms with E-state index in [2.05, 4.69) is 45.7 Å². The molecule has 7 heteroatoms. The molecule has 1 aromatic heterocycles. The van der Waals surface area contributed by atoms with Gasteiger partial charge in [-0.05, 0) is 47.2 Å². The fourth-order valence-electron chi connectivity index (χ4n) is 4.36. The molecule has 2 aliphatic heterocycles. The number of rotatable bonds is 2. The van der Waals surface area contributed by atoms with Gasteiger partial charge in [0, 0.05) is 12.7 Å². The molecular formula is C30H23F3IrN3. The molecule has 2 aliphatic rings. The van der Waals surface area contributed by atoms with Crippen molar-refractivity contribution in [3.05, 3.63) is 131 Å². The molecule has 4 aromatic rings. The smallest absolute Gasteiger partial charge is 0.668 e. The third-order valence-electron chi connectivity index (χ3n) is 6.28. The molecule has 0 radical (unpaired) electrons. The molecule has 1 atom stereocenters. The van der Waals surface area contributed by atoms with Gasteiger partial charge in [0.15, 0.2) is 0 Å². The molecule has 0 bridgehead atoms. The van der Waals surface area contributed by atoms with Gasteiger partial charge in [0.2, 0.25) is 0 Å². The number of hydrogen-bond donors (Lipinski definition) is 0. The average molecular weight is 675 g/mol. The second-order valence-electron chi connectivity index (χ2n) is 8.66. The number of aromatic nitrogens is 1. The zero-order chi connectivity index (χ0) is 25.1. The predicted molar refractivity (Wildman–Crippen MR) is 135 cm³/mol. The first-order chi connectivity index (χ1) is 17.4. The molecular weight excluding hydrogens is 652 g/mol. The Hall–Kier alpha value is -3.41. The van der Waals surface area contributed by atoms with Crippen molar-refractivity contribution in [2.24, 2.45) is 0 Å². The monoisotopic (exact) mass is 675 g/mol. The van der Waals surface area contributed by atoms with E-state index in [0.717, 1.165) is 41.8 Å². The summed E-state index contributed by atoms with van der Waals surface area (Å²) >= 11 is 0. The number of halogens is 3. The van der Waals surface area contributed by atoms with Gasteiger partial charge in [0.05, 0.1) is 0 Å². The third kappa shape index (κ3) is 5.95. The Labute approximate surface area is 228 Å². The topological polar surface area (TPSA) is 30.2 Å². The van der Waals surface area contributed by atoms with Gasteiger partial charge in [-0.25, -0.2) is 0 Å². The van der Waals surface area contributed by atoms with E-state index in [9.17, 15) is 13.2 Å². The van der Waals surface area contributed by atoms with Crippen LogP contribution in [0.25, 0.3) is 27.7 Å². The maximum absolute atomic E-state index is 12.6. The Bertz CT molecular complexity index is 1370. The number of alkyl halides is 3. The summed E-state index contributed by atoms with van der Waals surface area (Å²) in [6.45, 7) is 3.03.